The van der Waals surface area contributed by atoms with E-state index in [0.29, 0.717) is 0 Å². The van der Waals surface area contributed by atoms with Gasteiger partial charge in [-0.3, -0.25) is 4.68 Å². The van der Waals surface area contributed by atoms with Gasteiger partial charge in [-0.1, -0.05) is 12.1 Å². The maximum atomic E-state index is 4.81. The number of benzene rings is 1. The summed E-state index contributed by atoms with van der Waals surface area (Å²) < 4.78 is 1.89. The standard InChI is InChI=1S/C23H25N7/c1-28-10-12-30(13-11-28)23-5-3-4-21(27-23)26-22-15-18(8-9-24-22)17-6-7-20-19(14-17)16-25-29(20)2/h3-9,14-16H,10-13H2,1-2H3,(H,24,26,27). The first-order valence-electron chi connectivity index (χ1n) is 10.2. The Kier molecular flexibility index (Phi) is 4.80. The SMILES string of the molecule is CN1CCN(c2cccc(Nc3cc(-c4ccc5c(cnn5C)c4)ccn3)n2)CC1. The zero-order valence-corrected chi connectivity index (χ0v) is 17.3. The fourth-order valence-electron chi connectivity index (χ4n) is 3.86. The van der Waals surface area contributed by atoms with Gasteiger partial charge in [0, 0.05) is 44.8 Å². The third-order valence-electron chi connectivity index (χ3n) is 5.66. The van der Waals surface area contributed by atoms with Crippen LogP contribution in [0.3, 0.4) is 0 Å². The van der Waals surface area contributed by atoms with Crippen molar-refractivity contribution in [3.63, 3.8) is 0 Å². The number of pyridine rings is 2. The van der Waals surface area contributed by atoms with Crippen LogP contribution in [0.1, 0.15) is 0 Å². The number of hydrogen-bond donors (Lipinski definition) is 1. The maximum absolute atomic E-state index is 4.81. The predicted molar refractivity (Wildman–Crippen MR) is 121 cm³/mol. The summed E-state index contributed by atoms with van der Waals surface area (Å²) in [4.78, 5) is 14.0. The minimum atomic E-state index is 0.779. The van der Waals surface area contributed by atoms with Crippen LogP contribution in [0, 0.1) is 0 Å². The average molecular weight is 400 g/mol. The maximum Gasteiger partial charge on any atom is 0.133 e. The Labute approximate surface area is 176 Å². The number of hydrogen-bond acceptors (Lipinski definition) is 6. The normalized spacial score (nSPS) is 14.9. The van der Waals surface area contributed by atoms with E-state index in [2.05, 4.69) is 62.6 Å². The van der Waals surface area contributed by atoms with Crippen molar-refractivity contribution in [3.05, 3.63) is 60.9 Å². The van der Waals surface area contributed by atoms with Crippen LogP contribution in [-0.4, -0.2) is 57.9 Å². The van der Waals surface area contributed by atoms with Gasteiger partial charge < -0.3 is 15.1 Å². The van der Waals surface area contributed by atoms with Crippen LogP contribution in [0.15, 0.2) is 60.9 Å². The number of nitrogens with zero attached hydrogens (tertiary/aromatic N) is 6. The Hall–Kier alpha value is -3.45. The lowest BCUT2D eigenvalue weighted by molar-refractivity contribution is 0.312. The van der Waals surface area contributed by atoms with Crippen LogP contribution in [0.4, 0.5) is 17.5 Å². The number of aromatic nitrogens is 4. The van der Waals surface area contributed by atoms with Crippen molar-refractivity contribution in [2.75, 3.05) is 43.4 Å². The molecule has 1 saturated heterocycles. The Morgan fingerprint density at radius 2 is 1.70 bits per heavy atom. The van der Waals surface area contributed by atoms with Gasteiger partial charge in [-0.25, -0.2) is 9.97 Å². The molecule has 1 aliphatic rings. The predicted octanol–water partition coefficient (Wildman–Crippen LogP) is 3.53. The minimum absolute atomic E-state index is 0.779. The van der Waals surface area contributed by atoms with Gasteiger partial charge in [0.15, 0.2) is 0 Å². The van der Waals surface area contributed by atoms with E-state index in [0.717, 1.165) is 65.7 Å². The van der Waals surface area contributed by atoms with Crippen molar-refractivity contribution >= 4 is 28.4 Å². The molecule has 0 saturated carbocycles. The van der Waals surface area contributed by atoms with Crippen LogP contribution in [-0.2, 0) is 7.05 Å². The Bertz CT molecular complexity index is 1180. The van der Waals surface area contributed by atoms with Crippen molar-refractivity contribution in [3.8, 4) is 11.1 Å². The molecule has 7 heteroatoms. The van der Waals surface area contributed by atoms with E-state index in [9.17, 15) is 0 Å². The van der Waals surface area contributed by atoms with Gasteiger partial charge in [0.05, 0.1) is 11.7 Å². The van der Waals surface area contributed by atoms with Gasteiger partial charge >= 0.3 is 0 Å². The molecule has 1 fully saturated rings. The number of anilines is 3. The van der Waals surface area contributed by atoms with E-state index in [1.807, 2.05) is 42.3 Å². The summed E-state index contributed by atoms with van der Waals surface area (Å²) in [6.07, 6.45) is 3.72. The lowest BCUT2D eigenvalue weighted by Gasteiger charge is -2.33. The molecule has 152 valence electrons. The molecule has 4 heterocycles. The van der Waals surface area contributed by atoms with Gasteiger partial charge in [0.1, 0.15) is 17.5 Å². The third-order valence-corrected chi connectivity index (χ3v) is 5.66. The minimum Gasteiger partial charge on any atom is -0.354 e. The monoisotopic (exact) mass is 399 g/mol. The average Bonchev–Trinajstić information content (AvgIpc) is 3.15. The second kappa shape index (κ2) is 7.76. The lowest BCUT2D eigenvalue weighted by Crippen LogP contribution is -2.44. The fourth-order valence-corrected chi connectivity index (χ4v) is 3.86. The fraction of sp³-hybridized carbons (Fsp3) is 0.261. The largest absolute Gasteiger partial charge is 0.354 e. The van der Waals surface area contributed by atoms with Gasteiger partial charge in [0.25, 0.3) is 0 Å². The van der Waals surface area contributed by atoms with E-state index in [-0.39, 0.29) is 0 Å². The van der Waals surface area contributed by atoms with Crippen molar-refractivity contribution in [2.45, 2.75) is 0 Å². The topological polar surface area (TPSA) is 62.1 Å². The first-order valence-corrected chi connectivity index (χ1v) is 10.2. The Morgan fingerprint density at radius 1 is 0.867 bits per heavy atom. The highest BCUT2D eigenvalue weighted by atomic mass is 15.3. The molecule has 0 aliphatic carbocycles. The van der Waals surface area contributed by atoms with Crippen molar-refractivity contribution in [2.24, 2.45) is 7.05 Å². The highest BCUT2D eigenvalue weighted by Crippen LogP contribution is 2.26. The van der Waals surface area contributed by atoms with E-state index in [1.165, 1.54) is 0 Å². The highest BCUT2D eigenvalue weighted by molar-refractivity contribution is 5.85. The molecular weight excluding hydrogens is 374 g/mol. The summed E-state index contributed by atoms with van der Waals surface area (Å²) in [6, 6.07) is 16.6. The summed E-state index contributed by atoms with van der Waals surface area (Å²) >= 11 is 0. The molecule has 3 aromatic heterocycles. The van der Waals surface area contributed by atoms with E-state index >= 15 is 0 Å². The van der Waals surface area contributed by atoms with Gasteiger partial charge in [-0.15, -0.1) is 0 Å². The molecule has 0 amide bonds. The summed E-state index contributed by atoms with van der Waals surface area (Å²) in [7, 11) is 4.12. The molecule has 0 radical (unpaired) electrons. The number of fused-ring (bicyclic) bond motifs is 1. The molecule has 0 unspecified atom stereocenters. The van der Waals surface area contributed by atoms with Gasteiger partial charge in [-0.05, 0) is 54.6 Å². The zero-order valence-electron chi connectivity index (χ0n) is 17.3. The molecule has 30 heavy (non-hydrogen) atoms. The molecule has 0 spiro atoms. The van der Waals surface area contributed by atoms with Crippen LogP contribution in [0.5, 0.6) is 0 Å². The third kappa shape index (κ3) is 3.71. The van der Waals surface area contributed by atoms with Crippen LogP contribution < -0.4 is 10.2 Å². The molecule has 1 aromatic carbocycles. The van der Waals surface area contributed by atoms with Crippen molar-refractivity contribution < 1.29 is 0 Å². The number of likely N-dealkylation sites (N-methyl/N-ethyl adjacent to an activating group) is 1. The molecule has 7 nitrogen and oxygen atoms in total. The molecule has 0 bridgehead atoms. The molecule has 1 N–H and O–H groups in total. The smallest absolute Gasteiger partial charge is 0.133 e. The van der Waals surface area contributed by atoms with Crippen molar-refractivity contribution in [1.29, 1.82) is 0 Å². The van der Waals surface area contributed by atoms with Crippen LogP contribution in [0.2, 0.25) is 0 Å². The second-order valence-electron chi connectivity index (χ2n) is 7.77. The van der Waals surface area contributed by atoms with E-state index < -0.39 is 0 Å². The summed E-state index contributed by atoms with van der Waals surface area (Å²) in [5.41, 5.74) is 3.37. The second-order valence-corrected chi connectivity index (χ2v) is 7.77. The zero-order chi connectivity index (χ0) is 20.5. The van der Waals surface area contributed by atoms with E-state index in [4.69, 9.17) is 4.98 Å². The number of rotatable bonds is 4. The Balaban J connectivity index is 1.37. The molecule has 0 atom stereocenters. The first kappa shape index (κ1) is 18.6. The first-order chi connectivity index (χ1) is 14.7. The van der Waals surface area contributed by atoms with Gasteiger partial charge in [-0.2, -0.15) is 5.10 Å². The number of piperazine rings is 1. The molecule has 1 aliphatic heterocycles. The summed E-state index contributed by atoms with van der Waals surface area (Å²) in [6.45, 7) is 4.11. The van der Waals surface area contributed by atoms with Crippen LogP contribution >= 0.6 is 0 Å². The molecule has 5 rings (SSSR count). The summed E-state index contributed by atoms with van der Waals surface area (Å²) in [5, 5.41) is 8.83. The number of nitrogens with one attached hydrogen (secondary N) is 1. The molecular formula is C23H25N7. The highest BCUT2D eigenvalue weighted by Gasteiger charge is 2.15. The summed E-state index contributed by atoms with van der Waals surface area (Å²) in [5.74, 6) is 2.59. The Morgan fingerprint density at radius 3 is 2.57 bits per heavy atom. The molecule has 4 aromatic rings. The van der Waals surface area contributed by atoms with Crippen molar-refractivity contribution in [1.82, 2.24) is 24.6 Å². The van der Waals surface area contributed by atoms with E-state index in [1.54, 1.807) is 0 Å². The number of aryl methyl sites for hydroxylation is 1. The quantitative estimate of drug-likeness (QED) is 0.567. The van der Waals surface area contributed by atoms with Gasteiger partial charge in [0.2, 0.25) is 0 Å². The lowest BCUT2D eigenvalue weighted by atomic mass is 10.1. The van der Waals surface area contributed by atoms with Crippen LogP contribution in [0.25, 0.3) is 22.0 Å².